The summed E-state index contributed by atoms with van der Waals surface area (Å²) < 4.78 is 31.7. The second-order valence-electron chi connectivity index (χ2n) is 9.73. The number of benzene rings is 2. The second-order valence-corrected chi connectivity index (χ2v) is 11.5. The van der Waals surface area contributed by atoms with Crippen molar-refractivity contribution < 1.29 is 22.7 Å². The number of rotatable bonds is 5. The number of carbonyl (C=O) groups excluding carboxylic acids is 2. The zero-order chi connectivity index (χ0) is 24.8. The number of carbonyl (C=O) groups is 2. The molecule has 0 aromatic heterocycles. The van der Waals surface area contributed by atoms with Gasteiger partial charge in [-0.2, -0.15) is 0 Å². The Morgan fingerprint density at radius 1 is 1.03 bits per heavy atom. The smallest absolute Gasteiger partial charge is 0.238 e. The standard InChI is InChI=1S/C25H29N3O5S/c1-25(2,3)21-11-19(28-9-8-20(29)13-23(28)30)12-22(24(21)33-4)27-14-16-6-7-18(10-17(16)15-27)26-34(5,31)32/h6-12,26H,13-15H2,1-5H3. The molecule has 34 heavy (non-hydrogen) atoms. The Morgan fingerprint density at radius 2 is 1.74 bits per heavy atom. The van der Waals surface area contributed by atoms with Gasteiger partial charge in [0.15, 0.2) is 5.78 Å². The van der Waals surface area contributed by atoms with Crippen molar-refractivity contribution in [3.63, 3.8) is 0 Å². The number of allylic oxidation sites excluding steroid dienone is 1. The van der Waals surface area contributed by atoms with Gasteiger partial charge in [0.25, 0.3) is 0 Å². The molecule has 0 unspecified atom stereocenters. The first-order valence-corrected chi connectivity index (χ1v) is 12.8. The van der Waals surface area contributed by atoms with Crippen LogP contribution in [0.1, 0.15) is 43.9 Å². The third kappa shape index (κ3) is 4.79. The minimum atomic E-state index is -3.37. The number of nitrogens with one attached hydrogen (secondary N) is 1. The summed E-state index contributed by atoms with van der Waals surface area (Å²) in [6.07, 6.45) is 3.91. The third-order valence-corrected chi connectivity index (χ3v) is 6.53. The molecule has 4 rings (SSSR count). The van der Waals surface area contributed by atoms with Gasteiger partial charge in [0.2, 0.25) is 15.9 Å². The van der Waals surface area contributed by atoms with Gasteiger partial charge >= 0.3 is 0 Å². The number of hydrogen-bond acceptors (Lipinski definition) is 6. The van der Waals surface area contributed by atoms with Crippen LogP contribution in [0.15, 0.2) is 42.6 Å². The Labute approximate surface area is 200 Å². The van der Waals surface area contributed by atoms with Crippen LogP contribution in [-0.4, -0.2) is 33.5 Å². The van der Waals surface area contributed by atoms with Crippen molar-refractivity contribution >= 4 is 38.8 Å². The monoisotopic (exact) mass is 483 g/mol. The van der Waals surface area contributed by atoms with E-state index >= 15 is 0 Å². The number of anilines is 3. The predicted molar refractivity (Wildman–Crippen MR) is 133 cm³/mol. The Morgan fingerprint density at radius 3 is 2.35 bits per heavy atom. The first kappa shape index (κ1) is 23.8. The second kappa shape index (κ2) is 8.47. The van der Waals surface area contributed by atoms with Gasteiger partial charge in [-0.05, 0) is 46.9 Å². The van der Waals surface area contributed by atoms with Crippen LogP contribution in [0.5, 0.6) is 5.75 Å². The number of methoxy groups -OCH3 is 1. The van der Waals surface area contributed by atoms with Gasteiger partial charge in [0.1, 0.15) is 5.75 Å². The highest BCUT2D eigenvalue weighted by Gasteiger charge is 2.30. The van der Waals surface area contributed by atoms with E-state index in [0.29, 0.717) is 24.5 Å². The fourth-order valence-electron chi connectivity index (χ4n) is 4.35. The molecule has 2 aliphatic rings. The molecule has 2 aromatic rings. The van der Waals surface area contributed by atoms with Gasteiger partial charge in [-0.1, -0.05) is 26.8 Å². The van der Waals surface area contributed by atoms with Crippen molar-refractivity contribution in [2.45, 2.75) is 45.7 Å². The quantitative estimate of drug-likeness (QED) is 0.652. The van der Waals surface area contributed by atoms with E-state index in [9.17, 15) is 18.0 Å². The molecule has 0 fully saturated rings. The minimum Gasteiger partial charge on any atom is -0.494 e. The number of amides is 1. The molecule has 0 atom stereocenters. The van der Waals surface area contributed by atoms with Crippen molar-refractivity contribution in [3.05, 3.63) is 59.3 Å². The maximum absolute atomic E-state index is 12.6. The number of hydrogen-bond donors (Lipinski definition) is 1. The lowest BCUT2D eigenvalue weighted by atomic mass is 9.85. The first-order valence-electron chi connectivity index (χ1n) is 11.0. The van der Waals surface area contributed by atoms with Crippen molar-refractivity contribution in [2.24, 2.45) is 0 Å². The van der Waals surface area contributed by atoms with Gasteiger partial charge < -0.3 is 9.64 Å². The van der Waals surface area contributed by atoms with Crippen LogP contribution >= 0.6 is 0 Å². The van der Waals surface area contributed by atoms with Gasteiger partial charge in [-0.15, -0.1) is 0 Å². The van der Waals surface area contributed by atoms with E-state index in [-0.39, 0.29) is 23.5 Å². The SMILES string of the molecule is COc1c(N2Cc3ccc(NS(C)(=O)=O)cc3C2)cc(N2C=CC(=O)CC2=O)cc1C(C)(C)C. The maximum atomic E-state index is 12.6. The van der Waals surface area contributed by atoms with E-state index in [2.05, 4.69) is 30.4 Å². The van der Waals surface area contributed by atoms with Crippen LogP contribution < -0.4 is 19.3 Å². The number of fused-ring (bicyclic) bond motifs is 1. The summed E-state index contributed by atoms with van der Waals surface area (Å²) in [5.41, 5.74) is 4.79. The van der Waals surface area contributed by atoms with Crippen molar-refractivity contribution in [1.82, 2.24) is 0 Å². The Bertz CT molecular complexity index is 1310. The summed E-state index contributed by atoms with van der Waals surface area (Å²) in [6.45, 7) is 7.41. The summed E-state index contributed by atoms with van der Waals surface area (Å²) in [7, 11) is -1.74. The van der Waals surface area contributed by atoms with Crippen LogP contribution in [0.4, 0.5) is 17.1 Å². The largest absolute Gasteiger partial charge is 0.494 e. The highest BCUT2D eigenvalue weighted by Crippen LogP contribution is 2.45. The topological polar surface area (TPSA) is 96.0 Å². The third-order valence-electron chi connectivity index (χ3n) is 5.92. The molecule has 1 N–H and O–H groups in total. The Balaban J connectivity index is 1.78. The lowest BCUT2D eigenvalue weighted by molar-refractivity contribution is -0.124. The normalized spacial score (nSPS) is 16.1. The summed E-state index contributed by atoms with van der Waals surface area (Å²) in [5, 5.41) is 0. The lowest BCUT2D eigenvalue weighted by Crippen LogP contribution is -2.31. The molecule has 180 valence electrons. The lowest BCUT2D eigenvalue weighted by Gasteiger charge is -2.31. The van der Waals surface area contributed by atoms with E-state index in [0.717, 1.165) is 34.4 Å². The number of sulfonamides is 1. The number of ketones is 1. The predicted octanol–water partition coefficient (Wildman–Crippen LogP) is 3.70. The zero-order valence-electron chi connectivity index (χ0n) is 20.0. The van der Waals surface area contributed by atoms with Gasteiger partial charge in [0.05, 0.1) is 31.2 Å². The van der Waals surface area contributed by atoms with Crippen molar-refractivity contribution in [2.75, 3.05) is 27.9 Å². The molecule has 8 nitrogen and oxygen atoms in total. The molecule has 2 heterocycles. The van der Waals surface area contributed by atoms with E-state index in [4.69, 9.17) is 4.74 Å². The van der Waals surface area contributed by atoms with Crippen LogP contribution in [0.25, 0.3) is 0 Å². The molecule has 0 aliphatic carbocycles. The maximum Gasteiger partial charge on any atom is 0.238 e. The Hall–Kier alpha value is -3.33. The highest BCUT2D eigenvalue weighted by atomic mass is 32.2. The van der Waals surface area contributed by atoms with Crippen LogP contribution in [-0.2, 0) is 38.1 Å². The van der Waals surface area contributed by atoms with Gasteiger partial charge in [0, 0.05) is 30.5 Å². The molecular formula is C25H29N3O5S. The summed E-state index contributed by atoms with van der Waals surface area (Å²) >= 11 is 0. The molecule has 9 heteroatoms. The fourth-order valence-corrected chi connectivity index (χ4v) is 4.91. The average Bonchev–Trinajstić information content (AvgIpc) is 3.14. The molecule has 2 aliphatic heterocycles. The van der Waals surface area contributed by atoms with E-state index in [1.807, 2.05) is 24.3 Å². The van der Waals surface area contributed by atoms with Crippen molar-refractivity contribution in [3.8, 4) is 5.75 Å². The van der Waals surface area contributed by atoms with Crippen LogP contribution in [0.3, 0.4) is 0 Å². The summed E-state index contributed by atoms with van der Waals surface area (Å²) in [4.78, 5) is 28.0. The van der Waals surface area contributed by atoms with E-state index in [1.54, 1.807) is 13.2 Å². The molecule has 0 saturated heterocycles. The molecule has 2 aromatic carbocycles. The van der Waals surface area contributed by atoms with Crippen LogP contribution in [0.2, 0.25) is 0 Å². The summed E-state index contributed by atoms with van der Waals surface area (Å²) in [5.74, 6) is 0.243. The zero-order valence-corrected chi connectivity index (χ0v) is 20.8. The van der Waals surface area contributed by atoms with E-state index < -0.39 is 10.0 Å². The molecule has 0 saturated carbocycles. The average molecular weight is 484 g/mol. The van der Waals surface area contributed by atoms with Gasteiger partial charge in [-0.25, -0.2) is 8.42 Å². The number of nitrogens with zero attached hydrogens (tertiary/aromatic N) is 2. The molecule has 0 bridgehead atoms. The first-order chi connectivity index (χ1) is 15.9. The molecular weight excluding hydrogens is 454 g/mol. The highest BCUT2D eigenvalue weighted by molar-refractivity contribution is 7.92. The van der Waals surface area contributed by atoms with Gasteiger partial charge in [-0.3, -0.25) is 19.2 Å². The summed E-state index contributed by atoms with van der Waals surface area (Å²) in [6, 6.07) is 9.38. The fraction of sp³-hybridized carbons (Fsp3) is 0.360. The molecule has 0 spiro atoms. The molecule has 1 amide bonds. The van der Waals surface area contributed by atoms with Crippen molar-refractivity contribution in [1.29, 1.82) is 0 Å². The Kier molecular flexibility index (Phi) is 5.93. The van der Waals surface area contributed by atoms with E-state index in [1.165, 1.54) is 17.2 Å². The molecule has 0 radical (unpaired) electrons. The van der Waals surface area contributed by atoms with Crippen LogP contribution in [0, 0.1) is 0 Å². The number of ether oxygens (including phenoxy) is 1. The minimum absolute atomic E-state index is 0.159.